The van der Waals surface area contributed by atoms with Gasteiger partial charge in [0.05, 0.1) is 22.8 Å². The van der Waals surface area contributed by atoms with E-state index < -0.39 is 0 Å². The molecule has 41 heavy (non-hydrogen) atoms. The first-order chi connectivity index (χ1) is 20.2. The number of benzene rings is 5. The number of thiophene rings is 1. The number of hydrogen-bond acceptors (Lipinski definition) is 3. The molecule has 2 atom stereocenters. The van der Waals surface area contributed by atoms with Crippen LogP contribution in [0.3, 0.4) is 0 Å². The first-order valence-corrected chi connectivity index (χ1v) is 15.1. The average Bonchev–Trinajstić information content (AvgIpc) is 3.53. The Labute approximate surface area is 242 Å². The van der Waals surface area contributed by atoms with Gasteiger partial charge in [0, 0.05) is 38.9 Å². The lowest BCUT2D eigenvalue weighted by atomic mass is 9.30. The van der Waals surface area contributed by atoms with Crippen molar-refractivity contribution in [1.82, 2.24) is 4.57 Å². The number of ether oxygens (including phenoxy) is 2. The Hall–Kier alpha value is -4.48. The molecule has 2 aliphatic rings. The number of aryl methyl sites for hydroxylation is 1. The monoisotopic (exact) mass is 547 g/mol. The standard InChI is InChI=1S/C36H26BNO2S/c1-21-11-3-4-12-24(21)33-22(2)39-30-19-23(38-28-16-8-5-13-25(28)26-14-6-9-17-29(26)38)20-31-35(30)37(33)34-27-15-7-10-18-32(27)41-36(34)40-31/h3-20,22,33H,1-2H3. The minimum absolute atomic E-state index is 0.0144. The summed E-state index contributed by atoms with van der Waals surface area (Å²) in [6, 6.07) is 39.2. The van der Waals surface area contributed by atoms with Gasteiger partial charge in [-0.1, -0.05) is 90.2 Å². The van der Waals surface area contributed by atoms with Crippen LogP contribution >= 0.6 is 11.3 Å². The van der Waals surface area contributed by atoms with E-state index in [0.29, 0.717) is 0 Å². The molecule has 0 aliphatic carbocycles. The Morgan fingerprint density at radius 2 is 1.34 bits per heavy atom. The van der Waals surface area contributed by atoms with Crippen molar-refractivity contribution in [3.63, 3.8) is 0 Å². The lowest BCUT2D eigenvalue weighted by Gasteiger charge is -2.40. The molecule has 5 heteroatoms. The van der Waals surface area contributed by atoms with Gasteiger partial charge in [-0.05, 0) is 54.0 Å². The van der Waals surface area contributed by atoms with Gasteiger partial charge in [-0.3, -0.25) is 0 Å². The third kappa shape index (κ3) is 3.21. The topological polar surface area (TPSA) is 23.4 Å². The highest BCUT2D eigenvalue weighted by Gasteiger charge is 2.48. The van der Waals surface area contributed by atoms with Gasteiger partial charge in [0.2, 0.25) is 6.71 Å². The van der Waals surface area contributed by atoms with Crippen molar-refractivity contribution in [3.8, 4) is 22.2 Å². The summed E-state index contributed by atoms with van der Waals surface area (Å²) < 4.78 is 17.3. The summed E-state index contributed by atoms with van der Waals surface area (Å²) in [5.41, 5.74) is 8.52. The quantitative estimate of drug-likeness (QED) is 0.204. The van der Waals surface area contributed by atoms with E-state index in [1.165, 1.54) is 48.5 Å². The normalized spacial score (nSPS) is 17.4. The molecule has 196 valence electrons. The number of nitrogens with zero attached hydrogens (tertiary/aromatic N) is 1. The van der Waals surface area contributed by atoms with E-state index in [2.05, 4.69) is 128 Å². The summed E-state index contributed by atoms with van der Waals surface area (Å²) in [5.74, 6) is 1.98. The lowest BCUT2D eigenvalue weighted by Crippen LogP contribution is -2.57. The van der Waals surface area contributed by atoms with Gasteiger partial charge in [0.15, 0.2) is 5.06 Å². The maximum atomic E-state index is 6.88. The second-order valence-electron chi connectivity index (χ2n) is 11.3. The number of aromatic nitrogens is 1. The molecule has 0 saturated heterocycles. The Morgan fingerprint density at radius 1 is 0.707 bits per heavy atom. The molecule has 5 aromatic carbocycles. The van der Waals surface area contributed by atoms with Gasteiger partial charge in [-0.25, -0.2) is 0 Å². The number of rotatable bonds is 2. The van der Waals surface area contributed by atoms with Crippen molar-refractivity contribution in [2.45, 2.75) is 25.8 Å². The van der Waals surface area contributed by atoms with Crippen LogP contribution < -0.4 is 20.4 Å². The van der Waals surface area contributed by atoms with E-state index in [9.17, 15) is 0 Å². The summed E-state index contributed by atoms with van der Waals surface area (Å²) in [5, 5.41) is 4.78. The van der Waals surface area contributed by atoms with E-state index in [1.807, 2.05) is 0 Å². The van der Waals surface area contributed by atoms with Gasteiger partial charge in [0.1, 0.15) is 11.5 Å². The summed E-state index contributed by atoms with van der Waals surface area (Å²) >= 11 is 1.75. The zero-order chi connectivity index (χ0) is 27.2. The summed E-state index contributed by atoms with van der Waals surface area (Å²) in [7, 11) is 0. The predicted octanol–water partition coefficient (Wildman–Crippen LogP) is 8.13. The number of fused-ring (bicyclic) bond motifs is 7. The zero-order valence-electron chi connectivity index (χ0n) is 22.8. The van der Waals surface area contributed by atoms with E-state index in [-0.39, 0.29) is 18.6 Å². The minimum atomic E-state index is -0.0144. The molecule has 0 N–H and O–H groups in total. The average molecular weight is 547 g/mol. The molecular formula is C36H26BNO2S. The molecule has 0 saturated carbocycles. The van der Waals surface area contributed by atoms with Gasteiger partial charge in [-0.2, -0.15) is 0 Å². The smallest absolute Gasteiger partial charge is 0.237 e. The predicted molar refractivity (Wildman–Crippen MR) is 172 cm³/mol. The van der Waals surface area contributed by atoms with E-state index >= 15 is 0 Å². The van der Waals surface area contributed by atoms with Crippen molar-refractivity contribution in [3.05, 3.63) is 120 Å². The van der Waals surface area contributed by atoms with Gasteiger partial charge in [0.25, 0.3) is 0 Å². The molecular weight excluding hydrogens is 521 g/mol. The molecule has 9 rings (SSSR count). The van der Waals surface area contributed by atoms with Crippen molar-refractivity contribution in [1.29, 1.82) is 0 Å². The lowest BCUT2D eigenvalue weighted by molar-refractivity contribution is 0.209. The first kappa shape index (κ1) is 23.3. The number of hydrogen-bond donors (Lipinski definition) is 0. The fourth-order valence-electron chi connectivity index (χ4n) is 7.36. The van der Waals surface area contributed by atoms with Crippen molar-refractivity contribution >= 4 is 60.9 Å². The van der Waals surface area contributed by atoms with E-state index in [0.717, 1.165) is 27.7 Å². The highest BCUT2D eigenvalue weighted by molar-refractivity contribution is 7.23. The zero-order valence-corrected chi connectivity index (χ0v) is 23.6. The molecule has 7 aromatic rings. The van der Waals surface area contributed by atoms with Crippen LogP contribution in [0.4, 0.5) is 0 Å². The summed E-state index contributed by atoms with van der Waals surface area (Å²) in [4.78, 5) is 0. The second-order valence-corrected chi connectivity index (χ2v) is 12.3. The largest absolute Gasteiger partial charge is 0.491 e. The SMILES string of the molecule is Cc1ccccc1C1B2c3c(cc(-n4c5ccccc5c5ccccc54)cc3OC1C)Oc1sc3ccccc3c12. The summed E-state index contributed by atoms with van der Waals surface area (Å²) in [6.07, 6.45) is -0.0144. The molecule has 0 spiro atoms. The Bertz CT molecular complexity index is 2120. The third-order valence-corrected chi connectivity index (χ3v) is 10.1. The maximum absolute atomic E-state index is 6.88. The highest BCUT2D eigenvalue weighted by atomic mass is 32.1. The van der Waals surface area contributed by atoms with Crippen molar-refractivity contribution in [2.24, 2.45) is 0 Å². The fourth-order valence-corrected chi connectivity index (χ4v) is 8.47. The Kier molecular flexibility index (Phi) is 4.83. The highest BCUT2D eigenvalue weighted by Crippen LogP contribution is 2.46. The van der Waals surface area contributed by atoms with E-state index in [4.69, 9.17) is 9.47 Å². The second kappa shape index (κ2) is 8.51. The molecule has 3 nitrogen and oxygen atoms in total. The van der Waals surface area contributed by atoms with Crippen LogP contribution in [0.15, 0.2) is 109 Å². The molecule has 2 aliphatic heterocycles. The summed E-state index contributed by atoms with van der Waals surface area (Å²) in [6.45, 7) is 4.59. The third-order valence-electron chi connectivity index (χ3n) is 9.08. The molecule has 2 unspecified atom stereocenters. The molecule has 2 aromatic heterocycles. The fraction of sp³-hybridized carbons (Fsp3) is 0.111. The molecule has 0 bridgehead atoms. The first-order valence-electron chi connectivity index (χ1n) is 14.3. The molecule has 0 fully saturated rings. The maximum Gasteiger partial charge on any atom is 0.237 e. The van der Waals surface area contributed by atoms with Gasteiger partial charge < -0.3 is 14.0 Å². The van der Waals surface area contributed by atoms with Crippen molar-refractivity contribution < 1.29 is 9.47 Å². The van der Waals surface area contributed by atoms with Crippen LogP contribution in [0.25, 0.3) is 37.6 Å². The molecule has 0 amide bonds. The molecule has 0 radical (unpaired) electrons. The van der Waals surface area contributed by atoms with Crippen LogP contribution in [0.1, 0.15) is 23.9 Å². The van der Waals surface area contributed by atoms with Gasteiger partial charge in [-0.15, -0.1) is 0 Å². The Morgan fingerprint density at radius 3 is 2.10 bits per heavy atom. The number of para-hydroxylation sites is 2. The van der Waals surface area contributed by atoms with Crippen LogP contribution in [0.2, 0.25) is 0 Å². The van der Waals surface area contributed by atoms with Crippen LogP contribution in [0.5, 0.6) is 16.6 Å². The minimum Gasteiger partial charge on any atom is -0.491 e. The Balaban J connectivity index is 1.34. The van der Waals surface area contributed by atoms with E-state index in [1.54, 1.807) is 11.3 Å². The molecule has 4 heterocycles. The van der Waals surface area contributed by atoms with Crippen LogP contribution in [0, 0.1) is 6.92 Å². The van der Waals surface area contributed by atoms with Crippen molar-refractivity contribution in [2.75, 3.05) is 0 Å². The van der Waals surface area contributed by atoms with Gasteiger partial charge >= 0.3 is 0 Å². The van der Waals surface area contributed by atoms with Crippen LogP contribution in [-0.2, 0) is 0 Å². The van der Waals surface area contributed by atoms with Crippen LogP contribution in [-0.4, -0.2) is 17.4 Å².